The van der Waals surface area contributed by atoms with Gasteiger partial charge in [0, 0.05) is 0 Å². The van der Waals surface area contributed by atoms with Crippen LogP contribution >= 0.6 is 0 Å². The van der Waals surface area contributed by atoms with E-state index in [-0.39, 0.29) is 0 Å². The van der Waals surface area contributed by atoms with Crippen LogP contribution in [0.15, 0.2) is 11.1 Å². The van der Waals surface area contributed by atoms with E-state index in [1.54, 1.807) is 0 Å². The lowest BCUT2D eigenvalue weighted by Crippen LogP contribution is -2.13. The van der Waals surface area contributed by atoms with Gasteiger partial charge >= 0.3 is 0 Å². The Morgan fingerprint density at radius 1 is 1.25 bits per heavy atom. The summed E-state index contributed by atoms with van der Waals surface area (Å²) in [5, 5.41) is 0. The molecule has 2 aliphatic carbocycles. The van der Waals surface area contributed by atoms with Crippen LogP contribution in [-0.4, -0.2) is 0 Å². The fourth-order valence-electron chi connectivity index (χ4n) is 3.82. The maximum absolute atomic E-state index is 2.48. The molecular formula is C16H28. The molecule has 2 rings (SSSR count). The Morgan fingerprint density at radius 3 is 2.50 bits per heavy atom. The van der Waals surface area contributed by atoms with Crippen molar-refractivity contribution < 1.29 is 0 Å². The van der Waals surface area contributed by atoms with Crippen LogP contribution in [0.1, 0.15) is 60.3 Å². The number of fused-ring (bicyclic) bond motifs is 1. The Balaban J connectivity index is 2.21. The van der Waals surface area contributed by atoms with E-state index < -0.39 is 0 Å². The molecule has 0 heteroatoms. The second kappa shape index (κ2) is 4.55. The van der Waals surface area contributed by atoms with Crippen molar-refractivity contribution in [2.24, 2.45) is 29.6 Å². The molecule has 0 aromatic carbocycles. The lowest BCUT2D eigenvalue weighted by atomic mass is 9.81. The largest absolute Gasteiger partial charge is 0.0673 e. The van der Waals surface area contributed by atoms with Crippen molar-refractivity contribution in [3.8, 4) is 0 Å². The van der Waals surface area contributed by atoms with Crippen molar-refractivity contribution in [2.45, 2.75) is 60.3 Å². The van der Waals surface area contributed by atoms with Gasteiger partial charge in [0.1, 0.15) is 0 Å². The van der Waals surface area contributed by atoms with Crippen LogP contribution in [0.4, 0.5) is 0 Å². The Hall–Kier alpha value is -0.260. The molecule has 0 aliphatic heterocycles. The van der Waals surface area contributed by atoms with Crippen molar-refractivity contribution in [1.82, 2.24) is 0 Å². The van der Waals surface area contributed by atoms with E-state index in [1.165, 1.54) is 25.7 Å². The molecule has 0 radical (unpaired) electrons. The van der Waals surface area contributed by atoms with Crippen molar-refractivity contribution in [3.05, 3.63) is 11.1 Å². The van der Waals surface area contributed by atoms with Gasteiger partial charge in [0.25, 0.3) is 0 Å². The number of allylic oxidation sites excluding steroid dienone is 2. The SMILES string of the molecule is CCCC1=C(C(C)C(C)CC)C2CC2C1C. The normalized spacial score (nSPS) is 36.2. The summed E-state index contributed by atoms with van der Waals surface area (Å²) in [6, 6.07) is 0. The molecule has 0 nitrogen and oxygen atoms in total. The minimum atomic E-state index is 0.839. The van der Waals surface area contributed by atoms with Gasteiger partial charge in [-0.15, -0.1) is 0 Å². The van der Waals surface area contributed by atoms with Crippen LogP contribution in [0.5, 0.6) is 0 Å². The van der Waals surface area contributed by atoms with Gasteiger partial charge in [-0.3, -0.25) is 0 Å². The topological polar surface area (TPSA) is 0 Å². The van der Waals surface area contributed by atoms with Gasteiger partial charge in [0.15, 0.2) is 0 Å². The first-order valence-corrected chi connectivity index (χ1v) is 7.34. The second-order valence-corrected chi connectivity index (χ2v) is 6.20. The quantitative estimate of drug-likeness (QED) is 0.569. The molecule has 0 amide bonds. The standard InChI is InChI=1S/C16H28/c1-6-8-13-12(5)14-9-15(14)16(13)11(4)10(3)7-2/h10-12,14-15H,6-9H2,1-5H3. The molecule has 5 atom stereocenters. The van der Waals surface area contributed by atoms with Crippen molar-refractivity contribution in [3.63, 3.8) is 0 Å². The van der Waals surface area contributed by atoms with Gasteiger partial charge in [0.05, 0.1) is 0 Å². The molecule has 0 aromatic rings. The van der Waals surface area contributed by atoms with Crippen molar-refractivity contribution in [1.29, 1.82) is 0 Å². The lowest BCUT2D eigenvalue weighted by molar-refractivity contribution is 0.412. The van der Waals surface area contributed by atoms with Gasteiger partial charge in [-0.25, -0.2) is 0 Å². The zero-order valence-electron chi connectivity index (χ0n) is 11.7. The third-order valence-electron chi connectivity index (χ3n) is 5.31. The molecule has 0 bridgehead atoms. The minimum absolute atomic E-state index is 0.839. The van der Waals surface area contributed by atoms with E-state index in [2.05, 4.69) is 34.6 Å². The molecule has 92 valence electrons. The summed E-state index contributed by atoms with van der Waals surface area (Å²) in [5.74, 6) is 4.66. The third-order valence-corrected chi connectivity index (χ3v) is 5.31. The average Bonchev–Trinajstić information content (AvgIpc) is 3.01. The van der Waals surface area contributed by atoms with E-state index in [9.17, 15) is 0 Å². The summed E-state index contributed by atoms with van der Waals surface area (Å²) in [4.78, 5) is 0. The summed E-state index contributed by atoms with van der Waals surface area (Å²) in [6.45, 7) is 12.1. The minimum Gasteiger partial charge on any atom is -0.0673 e. The summed E-state index contributed by atoms with van der Waals surface area (Å²) < 4.78 is 0. The van der Waals surface area contributed by atoms with Crippen LogP contribution < -0.4 is 0 Å². The summed E-state index contributed by atoms with van der Waals surface area (Å²) >= 11 is 0. The maximum Gasteiger partial charge on any atom is -0.0160 e. The van der Waals surface area contributed by atoms with Crippen LogP contribution in [0.25, 0.3) is 0 Å². The first kappa shape index (κ1) is 12.2. The third kappa shape index (κ3) is 1.85. The van der Waals surface area contributed by atoms with Crippen LogP contribution in [0.2, 0.25) is 0 Å². The predicted molar refractivity (Wildman–Crippen MR) is 71.3 cm³/mol. The molecule has 1 saturated carbocycles. The van der Waals surface area contributed by atoms with Crippen LogP contribution in [0, 0.1) is 29.6 Å². The van der Waals surface area contributed by atoms with Crippen LogP contribution in [-0.2, 0) is 0 Å². The highest BCUT2D eigenvalue weighted by atomic mass is 14.6. The Bertz CT molecular complexity index is 286. The molecule has 0 aromatic heterocycles. The molecule has 0 N–H and O–H groups in total. The zero-order chi connectivity index (χ0) is 11.9. The van der Waals surface area contributed by atoms with E-state index in [0.717, 1.165) is 29.6 Å². The van der Waals surface area contributed by atoms with Gasteiger partial charge < -0.3 is 0 Å². The van der Waals surface area contributed by atoms with Crippen molar-refractivity contribution >= 4 is 0 Å². The fraction of sp³-hybridized carbons (Fsp3) is 0.875. The highest BCUT2D eigenvalue weighted by molar-refractivity contribution is 5.35. The van der Waals surface area contributed by atoms with E-state index in [0.29, 0.717) is 0 Å². The molecule has 5 unspecified atom stereocenters. The van der Waals surface area contributed by atoms with E-state index in [4.69, 9.17) is 0 Å². The first-order chi connectivity index (χ1) is 7.61. The average molecular weight is 220 g/mol. The van der Waals surface area contributed by atoms with E-state index >= 15 is 0 Å². The smallest absolute Gasteiger partial charge is 0.0160 e. The lowest BCUT2D eigenvalue weighted by Gasteiger charge is -2.24. The van der Waals surface area contributed by atoms with E-state index in [1.807, 2.05) is 11.1 Å². The summed E-state index contributed by atoms with van der Waals surface area (Å²) in [5.41, 5.74) is 3.75. The Labute approximate surface area is 102 Å². The van der Waals surface area contributed by atoms with Gasteiger partial charge in [-0.2, -0.15) is 0 Å². The summed E-state index contributed by atoms with van der Waals surface area (Å²) in [7, 11) is 0. The molecule has 0 saturated heterocycles. The second-order valence-electron chi connectivity index (χ2n) is 6.20. The first-order valence-electron chi connectivity index (χ1n) is 7.34. The molecule has 0 spiro atoms. The summed E-state index contributed by atoms with van der Waals surface area (Å²) in [6.07, 6.45) is 5.53. The number of hydrogen-bond donors (Lipinski definition) is 0. The molecular weight excluding hydrogens is 192 g/mol. The van der Waals surface area contributed by atoms with Gasteiger partial charge in [0.2, 0.25) is 0 Å². The molecule has 2 aliphatic rings. The van der Waals surface area contributed by atoms with Crippen LogP contribution in [0.3, 0.4) is 0 Å². The predicted octanol–water partition coefficient (Wildman–Crippen LogP) is 5.05. The Morgan fingerprint density at radius 2 is 1.94 bits per heavy atom. The highest BCUT2D eigenvalue weighted by Gasteiger charge is 2.52. The highest BCUT2D eigenvalue weighted by Crippen LogP contribution is 2.61. The van der Waals surface area contributed by atoms with Gasteiger partial charge in [-0.1, -0.05) is 58.6 Å². The fourth-order valence-corrected chi connectivity index (χ4v) is 3.82. The van der Waals surface area contributed by atoms with Gasteiger partial charge in [-0.05, 0) is 42.4 Å². The van der Waals surface area contributed by atoms with Crippen molar-refractivity contribution in [2.75, 3.05) is 0 Å². The maximum atomic E-state index is 2.48. The molecule has 16 heavy (non-hydrogen) atoms. The monoisotopic (exact) mass is 220 g/mol. The zero-order valence-corrected chi connectivity index (χ0v) is 11.7. The number of rotatable bonds is 5. The number of hydrogen-bond acceptors (Lipinski definition) is 0. The molecule has 1 fully saturated rings. The molecule has 0 heterocycles. The Kier molecular flexibility index (Phi) is 3.47.